The molecule has 142 valence electrons. The molecule has 8 nitrogen and oxygen atoms in total. The maximum absolute atomic E-state index is 12.6. The normalized spacial score (nSPS) is 15.0. The van der Waals surface area contributed by atoms with Crippen LogP contribution in [0.4, 0.5) is 11.6 Å². The number of halogens is 1. The predicted octanol–water partition coefficient (Wildman–Crippen LogP) is 3.38. The summed E-state index contributed by atoms with van der Waals surface area (Å²) >= 11 is 3.46. The number of aromatic nitrogens is 6. The van der Waals surface area contributed by atoms with Gasteiger partial charge in [-0.1, -0.05) is 69.6 Å². The van der Waals surface area contributed by atoms with Crippen molar-refractivity contribution in [2.45, 2.75) is 6.04 Å². The van der Waals surface area contributed by atoms with Gasteiger partial charge in [-0.25, -0.2) is 5.10 Å². The number of nitrogens with one attached hydrogen (secondary N) is 2. The maximum atomic E-state index is 12.6. The molecule has 2 N–H and O–H groups in total. The molecule has 0 radical (unpaired) electrons. The predicted molar refractivity (Wildman–Crippen MR) is 113 cm³/mol. The van der Waals surface area contributed by atoms with Crippen molar-refractivity contribution < 1.29 is 0 Å². The van der Waals surface area contributed by atoms with Gasteiger partial charge in [0, 0.05) is 10.0 Å². The minimum Gasteiger partial charge on any atom is -0.318 e. The van der Waals surface area contributed by atoms with Gasteiger partial charge < -0.3 is 5.32 Å². The summed E-state index contributed by atoms with van der Waals surface area (Å²) in [6.07, 6.45) is 3.83. The molecule has 3 heterocycles. The molecule has 9 heteroatoms. The summed E-state index contributed by atoms with van der Waals surface area (Å²) < 4.78 is 2.62. The molecular formula is C20H14BrN7O. The number of tetrazole rings is 1. The van der Waals surface area contributed by atoms with E-state index in [1.54, 1.807) is 4.68 Å². The van der Waals surface area contributed by atoms with Crippen molar-refractivity contribution in [2.75, 3.05) is 5.32 Å². The van der Waals surface area contributed by atoms with Crippen LogP contribution in [0.15, 0.2) is 63.9 Å². The minimum atomic E-state index is -0.394. The van der Waals surface area contributed by atoms with Gasteiger partial charge in [0.25, 0.3) is 5.56 Å². The van der Waals surface area contributed by atoms with Crippen LogP contribution >= 0.6 is 15.9 Å². The van der Waals surface area contributed by atoms with E-state index in [-0.39, 0.29) is 5.56 Å². The largest absolute Gasteiger partial charge is 0.318 e. The van der Waals surface area contributed by atoms with E-state index in [0.29, 0.717) is 22.9 Å². The van der Waals surface area contributed by atoms with Crippen molar-refractivity contribution in [3.8, 4) is 0 Å². The fourth-order valence-electron chi connectivity index (χ4n) is 3.38. The lowest BCUT2D eigenvalue weighted by molar-refractivity contribution is 0.565. The highest BCUT2D eigenvalue weighted by molar-refractivity contribution is 9.10. The van der Waals surface area contributed by atoms with Crippen molar-refractivity contribution in [2.24, 2.45) is 0 Å². The first-order valence-corrected chi connectivity index (χ1v) is 9.66. The molecular weight excluding hydrogens is 434 g/mol. The minimum absolute atomic E-state index is 0.326. The molecule has 0 saturated carbocycles. The number of nitrogens with zero attached hydrogens (tertiary/aromatic N) is 5. The number of rotatable bonds is 3. The van der Waals surface area contributed by atoms with E-state index >= 15 is 0 Å². The van der Waals surface area contributed by atoms with Crippen LogP contribution in [0.5, 0.6) is 0 Å². The van der Waals surface area contributed by atoms with E-state index in [1.165, 1.54) is 0 Å². The van der Waals surface area contributed by atoms with E-state index in [0.717, 1.165) is 15.6 Å². The third-order valence-corrected chi connectivity index (χ3v) is 5.25. The second kappa shape index (κ2) is 7.10. The van der Waals surface area contributed by atoms with Gasteiger partial charge in [0.1, 0.15) is 11.7 Å². The van der Waals surface area contributed by atoms with Gasteiger partial charge in [0.05, 0.1) is 5.69 Å². The van der Waals surface area contributed by atoms with Gasteiger partial charge in [-0.2, -0.15) is 9.78 Å². The van der Waals surface area contributed by atoms with Gasteiger partial charge in [-0.05, 0) is 39.8 Å². The third-order valence-electron chi connectivity index (χ3n) is 4.72. The number of fused-ring (bicyclic) bond motifs is 2. The first-order valence-electron chi connectivity index (χ1n) is 8.87. The fourth-order valence-corrected chi connectivity index (χ4v) is 3.65. The van der Waals surface area contributed by atoms with E-state index < -0.39 is 6.04 Å². The summed E-state index contributed by atoms with van der Waals surface area (Å²) in [5.74, 6) is 0.403. The average Bonchev–Trinajstić information content (AvgIpc) is 3.22. The second-order valence-electron chi connectivity index (χ2n) is 6.50. The molecule has 0 aliphatic carbocycles. The summed E-state index contributed by atoms with van der Waals surface area (Å²) in [7, 11) is 0. The Morgan fingerprint density at radius 3 is 2.62 bits per heavy atom. The van der Waals surface area contributed by atoms with Crippen molar-refractivity contribution in [1.82, 2.24) is 30.4 Å². The van der Waals surface area contributed by atoms with Crippen LogP contribution < -0.4 is 10.9 Å². The number of benzene rings is 2. The molecule has 29 heavy (non-hydrogen) atoms. The molecule has 1 aliphatic heterocycles. The monoisotopic (exact) mass is 447 g/mol. The summed E-state index contributed by atoms with van der Waals surface area (Å²) in [5.41, 5.74) is 3.37. The Hall–Kier alpha value is -3.59. The van der Waals surface area contributed by atoms with Crippen molar-refractivity contribution >= 4 is 39.7 Å². The van der Waals surface area contributed by atoms with Gasteiger partial charge in [-0.15, -0.1) is 0 Å². The number of hydrogen-bond donors (Lipinski definition) is 2. The molecule has 2 aromatic carbocycles. The molecule has 5 rings (SSSR count). The van der Waals surface area contributed by atoms with Gasteiger partial charge in [0.2, 0.25) is 5.95 Å². The molecule has 0 spiro atoms. The SMILES string of the molecule is O=c1[nH]nc(/C=C/c2ccccc2)c2c1Nc1nnnn1[C@H]2c1ccc(Br)cc1. The lowest BCUT2D eigenvalue weighted by Gasteiger charge is -2.27. The second-order valence-corrected chi connectivity index (χ2v) is 7.41. The average molecular weight is 448 g/mol. The first-order chi connectivity index (χ1) is 14.2. The molecule has 1 aliphatic rings. The lowest BCUT2D eigenvalue weighted by Crippen LogP contribution is -2.29. The Bertz CT molecular complexity index is 1260. The number of H-pyrrole nitrogens is 1. The highest BCUT2D eigenvalue weighted by Crippen LogP contribution is 2.38. The van der Waals surface area contributed by atoms with E-state index in [4.69, 9.17) is 0 Å². The van der Waals surface area contributed by atoms with E-state index in [2.05, 4.69) is 47.0 Å². The quantitative estimate of drug-likeness (QED) is 0.439. The van der Waals surface area contributed by atoms with Crippen LogP contribution in [0.1, 0.15) is 28.4 Å². The number of hydrogen-bond acceptors (Lipinski definition) is 6. The van der Waals surface area contributed by atoms with Crippen LogP contribution in [0.3, 0.4) is 0 Å². The maximum Gasteiger partial charge on any atom is 0.288 e. The zero-order valence-electron chi connectivity index (χ0n) is 15.0. The van der Waals surface area contributed by atoms with E-state index in [1.807, 2.05) is 66.7 Å². The van der Waals surface area contributed by atoms with Gasteiger partial charge in [-0.3, -0.25) is 4.79 Å². The van der Waals surface area contributed by atoms with Crippen molar-refractivity contribution in [1.29, 1.82) is 0 Å². The zero-order chi connectivity index (χ0) is 19.8. The topological polar surface area (TPSA) is 101 Å². The standard InChI is InChI=1S/C20H14BrN7O/c21-14-9-7-13(8-10-14)18-16-15(11-6-12-4-2-1-3-5-12)23-24-19(29)17(16)22-20-25-26-27-28(18)20/h1-11,18H,(H,24,29)(H,22,25,27)/b11-6+/t18-/m0/s1. The van der Waals surface area contributed by atoms with Gasteiger partial charge >= 0.3 is 0 Å². The Kier molecular flexibility index (Phi) is 4.28. The Balaban J connectivity index is 1.71. The van der Waals surface area contributed by atoms with Crippen molar-refractivity contribution in [3.63, 3.8) is 0 Å². The Morgan fingerprint density at radius 1 is 1.03 bits per heavy atom. The van der Waals surface area contributed by atoms with Crippen LogP contribution in [0.2, 0.25) is 0 Å². The molecule has 1 atom stereocenters. The summed E-state index contributed by atoms with van der Waals surface area (Å²) in [6.45, 7) is 0. The summed E-state index contributed by atoms with van der Waals surface area (Å²) in [4.78, 5) is 12.6. The van der Waals surface area contributed by atoms with Crippen LogP contribution in [0.25, 0.3) is 12.2 Å². The first kappa shape index (κ1) is 17.5. The lowest BCUT2D eigenvalue weighted by atomic mass is 9.94. The summed E-state index contributed by atoms with van der Waals surface area (Å²) in [6, 6.07) is 17.3. The number of anilines is 2. The molecule has 0 bridgehead atoms. The van der Waals surface area contributed by atoms with E-state index in [9.17, 15) is 4.79 Å². The van der Waals surface area contributed by atoms with Gasteiger partial charge in [0.15, 0.2) is 0 Å². The molecule has 0 amide bonds. The highest BCUT2D eigenvalue weighted by Gasteiger charge is 2.33. The smallest absolute Gasteiger partial charge is 0.288 e. The number of aromatic amines is 1. The highest BCUT2D eigenvalue weighted by atomic mass is 79.9. The molecule has 0 saturated heterocycles. The zero-order valence-corrected chi connectivity index (χ0v) is 16.5. The molecule has 2 aromatic heterocycles. The van der Waals surface area contributed by atoms with Crippen LogP contribution in [0, 0.1) is 0 Å². The fraction of sp³-hybridized carbons (Fsp3) is 0.0500. The Morgan fingerprint density at radius 2 is 1.83 bits per heavy atom. The molecule has 4 aromatic rings. The van der Waals surface area contributed by atoms with Crippen LogP contribution in [-0.2, 0) is 0 Å². The Labute approximate surface area is 173 Å². The molecule has 0 unspecified atom stereocenters. The van der Waals surface area contributed by atoms with Crippen molar-refractivity contribution in [3.05, 3.63) is 91.8 Å². The molecule has 0 fully saturated rings. The third kappa shape index (κ3) is 3.15. The van der Waals surface area contributed by atoms with Crippen LogP contribution in [-0.4, -0.2) is 30.4 Å². The summed E-state index contributed by atoms with van der Waals surface area (Å²) in [5, 5.41) is 21.8.